The highest BCUT2D eigenvalue weighted by Gasteiger charge is 2.14. The highest BCUT2D eigenvalue weighted by atomic mass is 15.0. The largest absolute Gasteiger partial charge is 0.370 e. The van der Waals surface area contributed by atoms with E-state index in [-0.39, 0.29) is 0 Å². The molecule has 2 heterocycles. The Kier molecular flexibility index (Phi) is 4.37. The lowest BCUT2D eigenvalue weighted by Crippen LogP contribution is -2.26. The van der Waals surface area contributed by atoms with E-state index in [1.165, 1.54) is 24.8 Å². The number of pyridine rings is 1. The fraction of sp³-hybridized carbons (Fsp3) is 0.643. The van der Waals surface area contributed by atoms with Gasteiger partial charge in [0.15, 0.2) is 0 Å². The van der Waals surface area contributed by atoms with Gasteiger partial charge in [0.2, 0.25) is 0 Å². The topological polar surface area (TPSA) is 37.0 Å². The molecule has 0 radical (unpaired) electrons. The fourth-order valence-electron chi connectivity index (χ4n) is 2.16. The SMILES string of the molecule is CC(C)CNc1ccc([C@H]2CCCCN2)cn1. The second-order valence-electron chi connectivity index (χ2n) is 5.25. The second-order valence-corrected chi connectivity index (χ2v) is 5.25. The summed E-state index contributed by atoms with van der Waals surface area (Å²) in [5, 5.41) is 6.89. The third-order valence-electron chi connectivity index (χ3n) is 3.19. The molecule has 17 heavy (non-hydrogen) atoms. The van der Waals surface area contributed by atoms with Crippen LogP contribution in [-0.4, -0.2) is 18.1 Å². The normalized spacial score (nSPS) is 20.5. The van der Waals surface area contributed by atoms with E-state index in [2.05, 4.69) is 41.6 Å². The minimum absolute atomic E-state index is 0.510. The molecule has 1 fully saturated rings. The monoisotopic (exact) mass is 233 g/mol. The standard InChI is InChI=1S/C14H23N3/c1-11(2)9-16-14-7-6-12(10-17-14)13-5-3-4-8-15-13/h6-7,10-11,13,15H,3-5,8-9H2,1-2H3,(H,16,17)/t13-/m1/s1. The van der Waals surface area contributed by atoms with E-state index in [1.807, 2.05) is 6.20 Å². The number of anilines is 1. The third-order valence-corrected chi connectivity index (χ3v) is 3.19. The molecule has 1 saturated heterocycles. The molecule has 0 saturated carbocycles. The molecular weight excluding hydrogens is 210 g/mol. The van der Waals surface area contributed by atoms with Crippen molar-refractivity contribution in [3.05, 3.63) is 23.9 Å². The molecule has 0 spiro atoms. The van der Waals surface area contributed by atoms with Crippen molar-refractivity contribution in [2.75, 3.05) is 18.4 Å². The van der Waals surface area contributed by atoms with Gasteiger partial charge in [-0.2, -0.15) is 0 Å². The zero-order valence-corrected chi connectivity index (χ0v) is 10.9. The van der Waals surface area contributed by atoms with Gasteiger partial charge < -0.3 is 10.6 Å². The van der Waals surface area contributed by atoms with Crippen molar-refractivity contribution < 1.29 is 0 Å². The molecule has 2 N–H and O–H groups in total. The maximum Gasteiger partial charge on any atom is 0.125 e. The summed E-state index contributed by atoms with van der Waals surface area (Å²) in [5.41, 5.74) is 1.32. The Hall–Kier alpha value is -1.09. The molecule has 3 heteroatoms. The molecule has 1 atom stereocenters. The minimum Gasteiger partial charge on any atom is -0.370 e. The number of nitrogens with one attached hydrogen (secondary N) is 2. The molecule has 1 aromatic heterocycles. The average Bonchev–Trinajstić information content (AvgIpc) is 2.38. The van der Waals surface area contributed by atoms with Gasteiger partial charge in [0.1, 0.15) is 5.82 Å². The predicted octanol–water partition coefficient (Wildman–Crippen LogP) is 2.96. The molecule has 94 valence electrons. The smallest absolute Gasteiger partial charge is 0.125 e. The van der Waals surface area contributed by atoms with Crippen LogP contribution in [-0.2, 0) is 0 Å². The number of hydrogen-bond acceptors (Lipinski definition) is 3. The molecule has 0 amide bonds. The first-order valence-corrected chi connectivity index (χ1v) is 6.69. The Bertz CT molecular complexity index is 326. The van der Waals surface area contributed by atoms with Crippen LogP contribution in [0.25, 0.3) is 0 Å². The summed E-state index contributed by atoms with van der Waals surface area (Å²) in [6.45, 7) is 6.52. The number of rotatable bonds is 4. The Morgan fingerprint density at radius 1 is 1.41 bits per heavy atom. The Labute approximate surface area is 104 Å². The quantitative estimate of drug-likeness (QED) is 0.839. The van der Waals surface area contributed by atoms with Gasteiger partial charge in [-0.25, -0.2) is 4.98 Å². The van der Waals surface area contributed by atoms with Crippen LogP contribution in [0.1, 0.15) is 44.7 Å². The van der Waals surface area contributed by atoms with Crippen molar-refractivity contribution in [2.24, 2.45) is 5.92 Å². The minimum atomic E-state index is 0.510. The van der Waals surface area contributed by atoms with Crippen LogP contribution in [0.2, 0.25) is 0 Å². The molecule has 2 rings (SSSR count). The van der Waals surface area contributed by atoms with E-state index in [1.54, 1.807) is 0 Å². The zero-order chi connectivity index (χ0) is 12.1. The predicted molar refractivity (Wildman–Crippen MR) is 72.2 cm³/mol. The van der Waals surface area contributed by atoms with E-state index in [0.29, 0.717) is 12.0 Å². The summed E-state index contributed by atoms with van der Waals surface area (Å²) in [5.74, 6) is 1.63. The van der Waals surface area contributed by atoms with Gasteiger partial charge in [0.25, 0.3) is 0 Å². The summed E-state index contributed by atoms with van der Waals surface area (Å²) in [6.07, 6.45) is 5.87. The van der Waals surface area contributed by atoms with Crippen molar-refractivity contribution in [1.82, 2.24) is 10.3 Å². The lowest BCUT2D eigenvalue weighted by molar-refractivity contribution is 0.411. The molecule has 0 bridgehead atoms. The van der Waals surface area contributed by atoms with Gasteiger partial charge in [-0.3, -0.25) is 0 Å². The number of aromatic nitrogens is 1. The summed E-state index contributed by atoms with van der Waals surface area (Å²) >= 11 is 0. The van der Waals surface area contributed by atoms with Crippen molar-refractivity contribution in [3.8, 4) is 0 Å². The van der Waals surface area contributed by atoms with Crippen LogP contribution >= 0.6 is 0 Å². The lowest BCUT2D eigenvalue weighted by atomic mass is 9.99. The van der Waals surface area contributed by atoms with Crippen LogP contribution in [0, 0.1) is 5.92 Å². The third kappa shape index (κ3) is 3.70. The average molecular weight is 233 g/mol. The lowest BCUT2D eigenvalue weighted by Gasteiger charge is -2.23. The molecule has 3 nitrogen and oxygen atoms in total. The van der Waals surface area contributed by atoms with E-state index in [9.17, 15) is 0 Å². The van der Waals surface area contributed by atoms with Gasteiger partial charge in [-0.15, -0.1) is 0 Å². The molecule has 1 aliphatic rings. The van der Waals surface area contributed by atoms with Gasteiger partial charge in [-0.05, 0) is 36.9 Å². The first-order valence-electron chi connectivity index (χ1n) is 6.69. The van der Waals surface area contributed by atoms with Crippen LogP contribution in [0.3, 0.4) is 0 Å². The first kappa shape index (κ1) is 12.4. The number of hydrogen-bond donors (Lipinski definition) is 2. The highest BCUT2D eigenvalue weighted by Crippen LogP contribution is 2.22. The maximum atomic E-state index is 4.47. The second kappa shape index (κ2) is 6.01. The van der Waals surface area contributed by atoms with Gasteiger partial charge in [0, 0.05) is 18.8 Å². The molecule has 0 unspecified atom stereocenters. The summed E-state index contributed by atoms with van der Waals surface area (Å²) in [7, 11) is 0. The zero-order valence-electron chi connectivity index (χ0n) is 10.9. The maximum absolute atomic E-state index is 4.47. The van der Waals surface area contributed by atoms with Crippen molar-refractivity contribution in [3.63, 3.8) is 0 Å². The fourth-order valence-corrected chi connectivity index (χ4v) is 2.16. The van der Waals surface area contributed by atoms with Crippen LogP contribution in [0.5, 0.6) is 0 Å². The van der Waals surface area contributed by atoms with Crippen LogP contribution in [0.15, 0.2) is 18.3 Å². The van der Waals surface area contributed by atoms with Crippen molar-refractivity contribution in [2.45, 2.75) is 39.2 Å². The summed E-state index contributed by atoms with van der Waals surface area (Å²) in [4.78, 5) is 4.47. The van der Waals surface area contributed by atoms with E-state index in [4.69, 9.17) is 0 Å². The molecule has 1 aliphatic heterocycles. The molecule has 0 aromatic carbocycles. The van der Waals surface area contributed by atoms with E-state index in [0.717, 1.165) is 18.9 Å². The van der Waals surface area contributed by atoms with Crippen LogP contribution in [0.4, 0.5) is 5.82 Å². The van der Waals surface area contributed by atoms with Gasteiger partial charge >= 0.3 is 0 Å². The Morgan fingerprint density at radius 2 is 2.29 bits per heavy atom. The van der Waals surface area contributed by atoms with E-state index < -0.39 is 0 Å². The van der Waals surface area contributed by atoms with Crippen molar-refractivity contribution >= 4 is 5.82 Å². The summed E-state index contributed by atoms with van der Waals surface area (Å²) < 4.78 is 0. The first-order chi connectivity index (χ1) is 8.25. The summed E-state index contributed by atoms with van der Waals surface area (Å²) in [6, 6.07) is 4.79. The molecule has 0 aliphatic carbocycles. The molecule has 1 aromatic rings. The number of nitrogens with zero attached hydrogens (tertiary/aromatic N) is 1. The van der Waals surface area contributed by atoms with E-state index >= 15 is 0 Å². The van der Waals surface area contributed by atoms with Crippen LogP contribution < -0.4 is 10.6 Å². The van der Waals surface area contributed by atoms with Crippen molar-refractivity contribution in [1.29, 1.82) is 0 Å². The Morgan fingerprint density at radius 3 is 2.88 bits per heavy atom. The Balaban J connectivity index is 1.92. The highest BCUT2D eigenvalue weighted by molar-refractivity contribution is 5.36. The van der Waals surface area contributed by atoms with Gasteiger partial charge in [-0.1, -0.05) is 26.3 Å². The number of piperidine rings is 1. The molecular formula is C14H23N3. The van der Waals surface area contributed by atoms with Gasteiger partial charge in [0.05, 0.1) is 0 Å².